The van der Waals surface area contributed by atoms with Crippen molar-refractivity contribution in [1.82, 2.24) is 20.6 Å². The van der Waals surface area contributed by atoms with Crippen molar-refractivity contribution in [3.63, 3.8) is 0 Å². The Morgan fingerprint density at radius 3 is 3.03 bits per heavy atom. The Kier molecular flexibility index (Phi) is 6.57. The lowest BCUT2D eigenvalue weighted by Gasteiger charge is -2.24. The van der Waals surface area contributed by atoms with E-state index in [0.717, 1.165) is 30.0 Å². The Morgan fingerprint density at radius 1 is 1.29 bits per heavy atom. The monoisotopic (exact) mass is 483 g/mol. The van der Waals surface area contributed by atoms with Crippen LogP contribution in [0.1, 0.15) is 16.1 Å². The quantitative estimate of drug-likeness (QED) is 0.408. The number of halogens is 1. The molecule has 0 bridgehead atoms. The molecule has 1 saturated heterocycles. The van der Waals surface area contributed by atoms with Crippen molar-refractivity contribution in [2.75, 3.05) is 45.3 Å². The number of nitrogens with zero attached hydrogens (tertiary/aromatic N) is 1. The van der Waals surface area contributed by atoms with Gasteiger partial charge < -0.3 is 35.1 Å². The number of carbonyl (C=O) groups excluding carboxylic acids is 1. The van der Waals surface area contributed by atoms with Gasteiger partial charge in [0.2, 0.25) is 0 Å². The molecule has 1 aromatic carbocycles. The van der Waals surface area contributed by atoms with Crippen molar-refractivity contribution < 1.29 is 19.0 Å². The lowest BCUT2D eigenvalue weighted by molar-refractivity contribution is 0.000245. The SMILES string of the molecule is COc1c(Cl)cccc1Nc1c(-c2ccncc2OCC2CNCCO2)[nH]c2c1C(=O)NCC2. The highest BCUT2D eigenvalue weighted by Crippen LogP contribution is 2.42. The van der Waals surface area contributed by atoms with E-state index >= 15 is 0 Å². The van der Waals surface area contributed by atoms with Crippen molar-refractivity contribution >= 4 is 28.9 Å². The van der Waals surface area contributed by atoms with Crippen LogP contribution in [0.2, 0.25) is 5.02 Å². The summed E-state index contributed by atoms with van der Waals surface area (Å²) in [7, 11) is 1.56. The molecule has 3 aromatic rings. The summed E-state index contributed by atoms with van der Waals surface area (Å²) in [6, 6.07) is 7.30. The van der Waals surface area contributed by atoms with E-state index in [-0.39, 0.29) is 12.0 Å². The maximum absolute atomic E-state index is 12.9. The predicted molar refractivity (Wildman–Crippen MR) is 129 cm³/mol. The molecule has 10 heteroatoms. The van der Waals surface area contributed by atoms with E-state index in [0.29, 0.717) is 59.6 Å². The summed E-state index contributed by atoms with van der Waals surface area (Å²) in [4.78, 5) is 20.6. The molecule has 0 spiro atoms. The highest BCUT2D eigenvalue weighted by molar-refractivity contribution is 6.32. The molecule has 0 radical (unpaired) electrons. The van der Waals surface area contributed by atoms with E-state index < -0.39 is 0 Å². The predicted octanol–water partition coefficient (Wildman–Crippen LogP) is 3.14. The number of morpholine rings is 1. The van der Waals surface area contributed by atoms with Gasteiger partial charge in [0.05, 0.1) is 47.6 Å². The number of nitrogens with one attached hydrogen (secondary N) is 4. The molecular formula is C24H26ClN5O4. The average Bonchev–Trinajstić information content (AvgIpc) is 3.23. The molecule has 0 saturated carbocycles. The molecule has 9 nitrogen and oxygen atoms in total. The van der Waals surface area contributed by atoms with E-state index in [4.69, 9.17) is 25.8 Å². The van der Waals surface area contributed by atoms with E-state index in [2.05, 4.69) is 25.9 Å². The van der Waals surface area contributed by atoms with Crippen LogP contribution in [0, 0.1) is 0 Å². The van der Waals surface area contributed by atoms with Gasteiger partial charge in [-0.15, -0.1) is 0 Å². The van der Waals surface area contributed by atoms with Crippen molar-refractivity contribution in [3.8, 4) is 22.8 Å². The van der Waals surface area contributed by atoms with Gasteiger partial charge in [0, 0.05) is 43.5 Å². The first-order valence-electron chi connectivity index (χ1n) is 11.2. The molecule has 1 fully saturated rings. The van der Waals surface area contributed by atoms with Crippen LogP contribution in [-0.4, -0.2) is 61.9 Å². The van der Waals surface area contributed by atoms with Crippen LogP contribution >= 0.6 is 11.6 Å². The molecule has 2 aliphatic heterocycles. The Labute approximate surface area is 202 Å². The number of ether oxygens (including phenoxy) is 3. The zero-order valence-electron chi connectivity index (χ0n) is 18.7. The summed E-state index contributed by atoms with van der Waals surface area (Å²) in [5.74, 6) is 0.941. The summed E-state index contributed by atoms with van der Waals surface area (Å²) in [6.07, 6.45) is 4.02. The van der Waals surface area contributed by atoms with Crippen LogP contribution < -0.4 is 25.4 Å². The number of hydrogen-bond donors (Lipinski definition) is 4. The third-order valence-corrected chi connectivity index (χ3v) is 6.18. The summed E-state index contributed by atoms with van der Waals surface area (Å²) in [5, 5.41) is 10.1. The summed E-state index contributed by atoms with van der Waals surface area (Å²) in [5.41, 5.74) is 4.19. The Balaban J connectivity index is 1.55. The van der Waals surface area contributed by atoms with Crippen LogP contribution in [0.15, 0.2) is 36.7 Å². The fourth-order valence-corrected chi connectivity index (χ4v) is 4.52. The Hall–Kier alpha value is -3.27. The zero-order chi connectivity index (χ0) is 23.5. The third kappa shape index (κ3) is 4.42. The van der Waals surface area contributed by atoms with Gasteiger partial charge in [-0.1, -0.05) is 17.7 Å². The van der Waals surface area contributed by atoms with Gasteiger partial charge in [-0.2, -0.15) is 0 Å². The number of carbonyl (C=O) groups is 1. The molecule has 5 rings (SSSR count). The van der Waals surface area contributed by atoms with Crippen molar-refractivity contribution in [2.24, 2.45) is 0 Å². The number of aromatic amines is 1. The number of rotatable bonds is 7. The van der Waals surface area contributed by atoms with Crippen LogP contribution in [0.5, 0.6) is 11.5 Å². The number of pyridine rings is 1. The van der Waals surface area contributed by atoms with Crippen molar-refractivity contribution in [1.29, 1.82) is 0 Å². The highest BCUT2D eigenvalue weighted by Gasteiger charge is 2.29. The summed E-state index contributed by atoms with van der Waals surface area (Å²) >= 11 is 6.34. The van der Waals surface area contributed by atoms with Crippen LogP contribution in [-0.2, 0) is 11.2 Å². The largest absolute Gasteiger partial charge is 0.493 e. The van der Waals surface area contributed by atoms with Crippen LogP contribution in [0.3, 0.4) is 0 Å². The van der Waals surface area contributed by atoms with Gasteiger partial charge in [0.25, 0.3) is 5.91 Å². The number of anilines is 2. The van der Waals surface area contributed by atoms with Gasteiger partial charge in [0.15, 0.2) is 5.75 Å². The van der Waals surface area contributed by atoms with E-state index in [9.17, 15) is 4.79 Å². The molecule has 2 aromatic heterocycles. The molecule has 1 unspecified atom stereocenters. The second-order valence-corrected chi connectivity index (χ2v) is 8.47. The summed E-state index contributed by atoms with van der Waals surface area (Å²) < 4.78 is 17.4. The maximum atomic E-state index is 12.9. The first-order chi connectivity index (χ1) is 16.7. The molecule has 4 N–H and O–H groups in total. The van der Waals surface area contributed by atoms with Crippen molar-refractivity contribution in [2.45, 2.75) is 12.5 Å². The van der Waals surface area contributed by atoms with Gasteiger partial charge in [-0.05, 0) is 18.2 Å². The second kappa shape index (κ2) is 9.92. The van der Waals surface area contributed by atoms with E-state index in [1.54, 1.807) is 25.6 Å². The number of H-pyrrole nitrogens is 1. The van der Waals surface area contributed by atoms with Gasteiger partial charge in [0.1, 0.15) is 18.5 Å². The smallest absolute Gasteiger partial charge is 0.255 e. The minimum atomic E-state index is -0.148. The highest BCUT2D eigenvalue weighted by atomic mass is 35.5. The first kappa shape index (κ1) is 22.5. The lowest BCUT2D eigenvalue weighted by atomic mass is 10.0. The van der Waals surface area contributed by atoms with E-state index in [1.807, 2.05) is 18.2 Å². The molecule has 4 heterocycles. The number of benzene rings is 1. The number of methoxy groups -OCH3 is 1. The minimum absolute atomic E-state index is 0.0438. The van der Waals surface area contributed by atoms with Gasteiger partial charge in [-0.25, -0.2) is 0 Å². The zero-order valence-corrected chi connectivity index (χ0v) is 19.5. The Bertz CT molecular complexity index is 1190. The molecule has 34 heavy (non-hydrogen) atoms. The third-order valence-electron chi connectivity index (χ3n) is 5.88. The van der Waals surface area contributed by atoms with E-state index in [1.165, 1.54) is 0 Å². The molecule has 178 valence electrons. The minimum Gasteiger partial charge on any atom is -0.493 e. The van der Waals surface area contributed by atoms with Gasteiger partial charge >= 0.3 is 0 Å². The number of hydrogen-bond acceptors (Lipinski definition) is 7. The number of para-hydroxylation sites is 1. The first-order valence-corrected chi connectivity index (χ1v) is 11.6. The normalized spacial score (nSPS) is 17.6. The fourth-order valence-electron chi connectivity index (χ4n) is 4.27. The standard InChI is InChI=1S/C24H26ClN5O4/c1-32-23-16(25)3-2-4-18(23)30-22-20-17(6-8-28-24(20)31)29-21(22)15-5-7-26-12-19(15)34-13-14-11-27-9-10-33-14/h2-5,7,12,14,27,29-30H,6,8-11,13H2,1H3,(H,28,31). The maximum Gasteiger partial charge on any atom is 0.255 e. The van der Waals surface area contributed by atoms with Crippen molar-refractivity contribution in [3.05, 3.63) is 52.9 Å². The van der Waals surface area contributed by atoms with Crippen LogP contribution in [0.25, 0.3) is 11.3 Å². The number of fused-ring (bicyclic) bond motifs is 1. The van der Waals surface area contributed by atoms with Crippen LogP contribution in [0.4, 0.5) is 11.4 Å². The topological polar surface area (TPSA) is 110 Å². The second-order valence-electron chi connectivity index (χ2n) is 8.06. The Morgan fingerprint density at radius 2 is 2.21 bits per heavy atom. The molecular weight excluding hydrogens is 458 g/mol. The average molecular weight is 484 g/mol. The summed E-state index contributed by atoms with van der Waals surface area (Å²) in [6.45, 7) is 3.18. The van der Waals surface area contributed by atoms with Gasteiger partial charge in [-0.3, -0.25) is 9.78 Å². The molecule has 2 aliphatic rings. The molecule has 1 atom stereocenters. The number of aromatic nitrogens is 2. The number of amides is 1. The lowest BCUT2D eigenvalue weighted by Crippen LogP contribution is -2.41. The molecule has 0 aliphatic carbocycles. The molecule has 1 amide bonds. The fraction of sp³-hybridized carbons (Fsp3) is 0.333.